The van der Waals surface area contributed by atoms with Crippen molar-refractivity contribution in [2.24, 2.45) is 5.41 Å². The van der Waals surface area contributed by atoms with E-state index in [9.17, 15) is 14.4 Å². The molecule has 2 amide bonds. The maximum atomic E-state index is 12.0. The molecule has 1 aliphatic heterocycles. The molecule has 1 saturated heterocycles. The molecule has 1 rings (SSSR count). The van der Waals surface area contributed by atoms with Crippen molar-refractivity contribution in [3.63, 3.8) is 0 Å². The Balaban J connectivity index is 2.91. The van der Waals surface area contributed by atoms with E-state index in [0.29, 0.717) is 6.42 Å². The van der Waals surface area contributed by atoms with Crippen LogP contribution in [0.15, 0.2) is 0 Å². The Labute approximate surface area is 101 Å². The Morgan fingerprint density at radius 3 is 2.41 bits per heavy atom. The smallest absolute Gasteiger partial charge is 0.305 e. The van der Waals surface area contributed by atoms with E-state index in [4.69, 9.17) is 5.11 Å². The zero-order valence-electron chi connectivity index (χ0n) is 10.5. The minimum Gasteiger partial charge on any atom is -0.481 e. The van der Waals surface area contributed by atoms with Gasteiger partial charge < -0.3 is 5.11 Å². The molecule has 0 aromatic rings. The van der Waals surface area contributed by atoms with Gasteiger partial charge in [-0.2, -0.15) is 0 Å². The quantitative estimate of drug-likeness (QED) is 0.738. The van der Waals surface area contributed by atoms with Crippen LogP contribution in [0.1, 0.15) is 46.5 Å². The molecule has 1 aliphatic rings. The Kier molecular flexibility index (Phi) is 3.91. The van der Waals surface area contributed by atoms with Crippen LogP contribution in [-0.2, 0) is 14.4 Å². The van der Waals surface area contributed by atoms with Crippen LogP contribution in [0.2, 0.25) is 0 Å². The molecule has 0 aromatic heterocycles. The van der Waals surface area contributed by atoms with E-state index in [1.54, 1.807) is 13.8 Å². The van der Waals surface area contributed by atoms with E-state index < -0.39 is 17.4 Å². The molecule has 1 unspecified atom stereocenters. The van der Waals surface area contributed by atoms with Crippen molar-refractivity contribution in [3.8, 4) is 0 Å². The fraction of sp³-hybridized carbons (Fsp3) is 0.750. The van der Waals surface area contributed by atoms with Crippen molar-refractivity contribution in [2.45, 2.75) is 52.5 Å². The summed E-state index contributed by atoms with van der Waals surface area (Å²) in [5.41, 5.74) is -0.693. The molecule has 1 atom stereocenters. The first-order chi connectivity index (χ1) is 7.79. The second-order valence-corrected chi connectivity index (χ2v) is 5.17. The van der Waals surface area contributed by atoms with Gasteiger partial charge in [-0.25, -0.2) is 0 Å². The number of aliphatic carboxylic acids is 1. The highest BCUT2D eigenvalue weighted by Gasteiger charge is 2.47. The molecule has 1 fully saturated rings. The van der Waals surface area contributed by atoms with Crippen LogP contribution in [0.4, 0.5) is 0 Å². The number of likely N-dealkylation sites (tertiary alicyclic amines) is 1. The summed E-state index contributed by atoms with van der Waals surface area (Å²) in [5.74, 6) is -1.48. The van der Waals surface area contributed by atoms with Crippen molar-refractivity contribution in [1.29, 1.82) is 0 Å². The Morgan fingerprint density at radius 1 is 1.47 bits per heavy atom. The van der Waals surface area contributed by atoms with E-state index in [2.05, 4.69) is 0 Å². The van der Waals surface area contributed by atoms with Gasteiger partial charge in [-0.1, -0.05) is 27.2 Å². The zero-order valence-corrected chi connectivity index (χ0v) is 10.5. The zero-order chi connectivity index (χ0) is 13.2. The third kappa shape index (κ3) is 2.84. The lowest BCUT2D eigenvalue weighted by Gasteiger charge is -2.26. The number of amides is 2. The van der Waals surface area contributed by atoms with Crippen molar-refractivity contribution < 1.29 is 19.5 Å². The lowest BCUT2D eigenvalue weighted by atomic mass is 9.92. The highest BCUT2D eigenvalue weighted by atomic mass is 16.4. The van der Waals surface area contributed by atoms with E-state index >= 15 is 0 Å². The van der Waals surface area contributed by atoms with Crippen LogP contribution in [0.3, 0.4) is 0 Å². The van der Waals surface area contributed by atoms with Gasteiger partial charge in [0, 0.05) is 6.42 Å². The molecule has 0 bridgehead atoms. The van der Waals surface area contributed by atoms with Gasteiger partial charge in [0.1, 0.15) is 0 Å². The number of imide groups is 1. The van der Waals surface area contributed by atoms with Crippen molar-refractivity contribution in [2.75, 3.05) is 0 Å². The molecule has 5 heteroatoms. The predicted molar refractivity (Wildman–Crippen MR) is 61.2 cm³/mol. The minimum atomic E-state index is -0.978. The number of nitrogens with zero attached hydrogens (tertiary/aromatic N) is 1. The Bertz CT molecular complexity index is 348. The maximum absolute atomic E-state index is 12.0. The highest BCUT2D eigenvalue weighted by molar-refractivity contribution is 6.06. The first-order valence-electron chi connectivity index (χ1n) is 5.88. The fourth-order valence-electron chi connectivity index (χ4n) is 2.20. The predicted octanol–water partition coefficient (Wildman–Crippen LogP) is 1.41. The topological polar surface area (TPSA) is 74.7 Å². The molecule has 5 nitrogen and oxygen atoms in total. The number of carbonyl (C=O) groups is 3. The Morgan fingerprint density at radius 2 is 2.06 bits per heavy atom. The number of hydrogen-bond donors (Lipinski definition) is 1. The lowest BCUT2D eigenvalue weighted by Crippen LogP contribution is -2.42. The molecule has 0 saturated carbocycles. The van der Waals surface area contributed by atoms with E-state index in [1.807, 2.05) is 6.92 Å². The van der Waals surface area contributed by atoms with Crippen LogP contribution in [0, 0.1) is 5.41 Å². The first kappa shape index (κ1) is 13.7. The van der Waals surface area contributed by atoms with Gasteiger partial charge in [0.25, 0.3) is 0 Å². The van der Waals surface area contributed by atoms with Gasteiger partial charge in [0.05, 0.1) is 17.9 Å². The fourth-order valence-corrected chi connectivity index (χ4v) is 2.20. The molecule has 17 heavy (non-hydrogen) atoms. The summed E-state index contributed by atoms with van der Waals surface area (Å²) < 4.78 is 0. The van der Waals surface area contributed by atoms with Crippen molar-refractivity contribution in [3.05, 3.63) is 0 Å². The summed E-state index contributed by atoms with van der Waals surface area (Å²) in [4.78, 5) is 35.8. The second-order valence-electron chi connectivity index (χ2n) is 5.17. The SMILES string of the molecule is CCCC(CC(=O)O)N1C(=O)CC(C)(C)C1=O. The molecule has 0 spiro atoms. The molecule has 0 aliphatic carbocycles. The standard InChI is InChI=1S/C12H19NO4/c1-4-5-8(6-10(15)16)13-9(14)7-12(2,3)11(13)17/h8H,4-7H2,1-3H3,(H,15,16). The summed E-state index contributed by atoms with van der Waals surface area (Å²) >= 11 is 0. The van der Waals surface area contributed by atoms with E-state index in [1.165, 1.54) is 0 Å². The number of carbonyl (C=O) groups excluding carboxylic acids is 2. The number of hydrogen-bond acceptors (Lipinski definition) is 3. The molecule has 96 valence electrons. The molecular formula is C12H19NO4. The molecule has 1 N–H and O–H groups in total. The number of carboxylic acids is 1. The molecule has 0 radical (unpaired) electrons. The molecular weight excluding hydrogens is 222 g/mol. The average molecular weight is 241 g/mol. The normalized spacial score (nSPS) is 20.8. The monoisotopic (exact) mass is 241 g/mol. The molecule has 1 heterocycles. The average Bonchev–Trinajstić information content (AvgIpc) is 2.35. The summed E-state index contributed by atoms with van der Waals surface area (Å²) in [7, 11) is 0. The van der Waals surface area contributed by atoms with Gasteiger partial charge in [-0.15, -0.1) is 0 Å². The van der Waals surface area contributed by atoms with Crippen molar-refractivity contribution >= 4 is 17.8 Å². The first-order valence-corrected chi connectivity index (χ1v) is 5.88. The summed E-state index contributed by atoms with van der Waals surface area (Å²) in [6, 6.07) is -0.501. The maximum Gasteiger partial charge on any atom is 0.305 e. The lowest BCUT2D eigenvalue weighted by molar-refractivity contribution is -0.146. The van der Waals surface area contributed by atoms with Gasteiger partial charge in [0.15, 0.2) is 0 Å². The molecule has 0 aromatic carbocycles. The summed E-state index contributed by atoms with van der Waals surface area (Å²) in [6.45, 7) is 5.35. The number of carboxylic acid groups (broad SMARTS) is 1. The third-order valence-electron chi connectivity index (χ3n) is 3.06. The van der Waals surface area contributed by atoms with Crippen LogP contribution in [-0.4, -0.2) is 33.8 Å². The Hall–Kier alpha value is -1.39. The number of rotatable bonds is 5. The minimum absolute atomic E-state index is 0.165. The second kappa shape index (κ2) is 4.85. The summed E-state index contributed by atoms with van der Waals surface area (Å²) in [6.07, 6.45) is 1.29. The third-order valence-corrected chi connectivity index (χ3v) is 3.06. The largest absolute Gasteiger partial charge is 0.481 e. The van der Waals surface area contributed by atoms with Crippen molar-refractivity contribution in [1.82, 2.24) is 4.90 Å². The van der Waals surface area contributed by atoms with Gasteiger partial charge >= 0.3 is 5.97 Å². The van der Waals surface area contributed by atoms with E-state index in [0.717, 1.165) is 11.3 Å². The van der Waals surface area contributed by atoms with Crippen LogP contribution < -0.4 is 0 Å². The van der Waals surface area contributed by atoms with E-state index in [-0.39, 0.29) is 24.7 Å². The van der Waals surface area contributed by atoms with Crippen LogP contribution in [0.5, 0.6) is 0 Å². The van der Waals surface area contributed by atoms with Gasteiger partial charge in [-0.3, -0.25) is 19.3 Å². The van der Waals surface area contributed by atoms with Gasteiger partial charge in [-0.05, 0) is 6.42 Å². The van der Waals surface area contributed by atoms with Gasteiger partial charge in [0.2, 0.25) is 11.8 Å². The van der Waals surface area contributed by atoms with Crippen LogP contribution in [0.25, 0.3) is 0 Å². The van der Waals surface area contributed by atoms with Crippen LogP contribution >= 0.6 is 0 Å². The summed E-state index contributed by atoms with van der Waals surface area (Å²) in [5, 5.41) is 8.82. The highest BCUT2D eigenvalue weighted by Crippen LogP contribution is 2.34.